The van der Waals surface area contributed by atoms with E-state index < -0.39 is 0 Å². The monoisotopic (exact) mass is 384 g/mol. The molecule has 2 heterocycles. The fraction of sp³-hybridized carbons (Fsp3) is 0.476. The van der Waals surface area contributed by atoms with Crippen molar-refractivity contribution in [1.82, 2.24) is 15.2 Å². The van der Waals surface area contributed by atoms with Gasteiger partial charge in [-0.15, -0.1) is 0 Å². The number of amides is 1. The summed E-state index contributed by atoms with van der Waals surface area (Å²) in [6, 6.07) is 1.93. The van der Waals surface area contributed by atoms with Crippen molar-refractivity contribution in [3.63, 3.8) is 0 Å². The number of anilines is 1. The number of nitrogens with one attached hydrogen (secondary N) is 1. The van der Waals surface area contributed by atoms with Gasteiger partial charge in [-0.05, 0) is 62.9 Å². The third-order valence-electron chi connectivity index (χ3n) is 4.92. The number of likely N-dealkylation sites (N-methyl/N-ethyl adjacent to an activating group) is 1. The van der Waals surface area contributed by atoms with E-state index in [-0.39, 0.29) is 12.1 Å². The van der Waals surface area contributed by atoms with Crippen LogP contribution in [-0.2, 0) is 9.53 Å². The van der Waals surface area contributed by atoms with Gasteiger partial charge in [0, 0.05) is 24.6 Å². The van der Waals surface area contributed by atoms with Gasteiger partial charge in [-0.1, -0.05) is 6.92 Å². The van der Waals surface area contributed by atoms with Crippen molar-refractivity contribution in [3.8, 4) is 0 Å². The third-order valence-corrected chi connectivity index (χ3v) is 4.92. The molecule has 0 bridgehead atoms. The van der Waals surface area contributed by atoms with Gasteiger partial charge in [0.25, 0.3) is 0 Å². The molecule has 1 N–H and O–H groups in total. The number of ether oxygens (including phenoxy) is 1. The molecule has 0 aromatic carbocycles. The van der Waals surface area contributed by atoms with Gasteiger partial charge < -0.3 is 14.5 Å². The van der Waals surface area contributed by atoms with Crippen LogP contribution in [0.3, 0.4) is 0 Å². The molecule has 1 aromatic heterocycles. The van der Waals surface area contributed by atoms with Gasteiger partial charge in [0.2, 0.25) is 6.41 Å². The lowest BCUT2D eigenvalue weighted by atomic mass is 10.1. The van der Waals surface area contributed by atoms with Crippen LogP contribution in [0.1, 0.15) is 54.9 Å². The van der Waals surface area contributed by atoms with Gasteiger partial charge in [0.05, 0.1) is 12.2 Å². The van der Waals surface area contributed by atoms with Gasteiger partial charge in [-0.3, -0.25) is 10.1 Å². The predicted octanol–water partition coefficient (Wildman–Crippen LogP) is 2.77. The standard InChI is InChI=1S/C21H28N4O3/c1-4-9-25(17-8-10-24(14-26)19(12-17)22-3)20-18(15-6-7-15)11-16(13-23-20)21(27)28-5-2/h8,10-15,19,22H,4-7,9H2,1-3H3. The molecule has 7 heteroatoms. The Morgan fingerprint density at radius 3 is 2.82 bits per heavy atom. The largest absolute Gasteiger partial charge is 0.462 e. The molecule has 1 aliphatic carbocycles. The lowest BCUT2D eigenvalue weighted by molar-refractivity contribution is -0.117. The lowest BCUT2D eigenvalue weighted by Gasteiger charge is -2.32. The molecular weight excluding hydrogens is 356 g/mol. The molecule has 7 nitrogen and oxygen atoms in total. The number of carbonyl (C=O) groups is 2. The highest BCUT2D eigenvalue weighted by Gasteiger charge is 2.31. The summed E-state index contributed by atoms with van der Waals surface area (Å²) in [6.07, 6.45) is 11.1. The first-order valence-corrected chi connectivity index (χ1v) is 9.87. The first-order chi connectivity index (χ1) is 13.6. The van der Waals surface area contributed by atoms with Crippen LogP contribution < -0.4 is 10.2 Å². The molecule has 2 aliphatic rings. The van der Waals surface area contributed by atoms with E-state index in [0.717, 1.165) is 49.3 Å². The Bertz CT molecular complexity index is 786. The Hall–Kier alpha value is -2.67. The summed E-state index contributed by atoms with van der Waals surface area (Å²) < 4.78 is 5.14. The number of pyridine rings is 1. The number of rotatable bonds is 9. The zero-order valence-corrected chi connectivity index (χ0v) is 16.7. The summed E-state index contributed by atoms with van der Waals surface area (Å²) in [5.74, 6) is 0.970. The highest BCUT2D eigenvalue weighted by atomic mass is 16.5. The Labute approximate surface area is 166 Å². The molecular formula is C21H28N4O3. The van der Waals surface area contributed by atoms with E-state index in [9.17, 15) is 9.59 Å². The van der Waals surface area contributed by atoms with E-state index in [1.165, 1.54) is 0 Å². The molecule has 28 heavy (non-hydrogen) atoms. The van der Waals surface area contributed by atoms with E-state index in [2.05, 4.69) is 22.1 Å². The van der Waals surface area contributed by atoms with Crippen LogP contribution in [0.2, 0.25) is 0 Å². The Kier molecular flexibility index (Phi) is 6.46. The molecule has 0 spiro atoms. The van der Waals surface area contributed by atoms with Crippen molar-refractivity contribution in [1.29, 1.82) is 0 Å². The number of esters is 1. The minimum absolute atomic E-state index is 0.208. The molecule has 1 aromatic rings. The van der Waals surface area contributed by atoms with E-state index in [4.69, 9.17) is 4.74 Å². The minimum Gasteiger partial charge on any atom is -0.462 e. The van der Waals surface area contributed by atoms with Crippen molar-refractivity contribution in [2.45, 2.75) is 45.2 Å². The molecule has 1 fully saturated rings. The quantitative estimate of drug-likeness (QED) is 0.521. The van der Waals surface area contributed by atoms with Gasteiger partial charge in [-0.2, -0.15) is 0 Å². The SMILES string of the molecule is CCCN(C1=CC(NC)N(C=O)C=C1)c1ncc(C(=O)OCC)cc1C1CC1. The van der Waals surface area contributed by atoms with Gasteiger partial charge >= 0.3 is 5.97 Å². The summed E-state index contributed by atoms with van der Waals surface area (Å²) in [5, 5.41) is 3.13. The van der Waals surface area contributed by atoms with E-state index in [1.54, 1.807) is 24.2 Å². The maximum absolute atomic E-state index is 12.2. The van der Waals surface area contributed by atoms with Crippen molar-refractivity contribution in [3.05, 3.63) is 47.4 Å². The second-order valence-corrected chi connectivity index (χ2v) is 6.98. The van der Waals surface area contributed by atoms with Gasteiger partial charge in [-0.25, -0.2) is 9.78 Å². The maximum Gasteiger partial charge on any atom is 0.339 e. The first kappa shape index (κ1) is 20.1. The average Bonchev–Trinajstić information content (AvgIpc) is 3.56. The summed E-state index contributed by atoms with van der Waals surface area (Å²) in [6.45, 7) is 5.06. The zero-order valence-electron chi connectivity index (χ0n) is 16.7. The molecule has 3 rings (SSSR count). The molecule has 1 amide bonds. The highest BCUT2D eigenvalue weighted by molar-refractivity contribution is 5.89. The number of hydrogen-bond acceptors (Lipinski definition) is 6. The topological polar surface area (TPSA) is 74.8 Å². The van der Waals surface area contributed by atoms with Crippen molar-refractivity contribution >= 4 is 18.2 Å². The number of allylic oxidation sites excluding steroid dienone is 1. The second-order valence-electron chi connectivity index (χ2n) is 6.98. The Morgan fingerprint density at radius 1 is 1.43 bits per heavy atom. The van der Waals surface area contributed by atoms with E-state index >= 15 is 0 Å². The van der Waals surface area contributed by atoms with Crippen LogP contribution in [0, 0.1) is 0 Å². The number of carbonyl (C=O) groups excluding carboxylic acids is 2. The van der Waals surface area contributed by atoms with Crippen LogP contribution in [0.15, 0.2) is 36.3 Å². The smallest absolute Gasteiger partial charge is 0.339 e. The third kappa shape index (κ3) is 4.25. The Morgan fingerprint density at radius 2 is 2.21 bits per heavy atom. The summed E-state index contributed by atoms with van der Waals surface area (Å²) in [7, 11) is 1.82. The van der Waals surface area contributed by atoms with Crippen LogP contribution in [0.5, 0.6) is 0 Å². The van der Waals surface area contributed by atoms with Crippen molar-refractivity contribution in [2.24, 2.45) is 0 Å². The number of aromatic nitrogens is 1. The lowest BCUT2D eigenvalue weighted by Crippen LogP contribution is -2.42. The van der Waals surface area contributed by atoms with Gasteiger partial charge in [0.1, 0.15) is 12.0 Å². The molecule has 1 saturated carbocycles. The molecule has 1 unspecified atom stereocenters. The van der Waals surface area contributed by atoms with Crippen LogP contribution >= 0.6 is 0 Å². The number of nitrogens with zero attached hydrogens (tertiary/aromatic N) is 3. The molecule has 0 saturated heterocycles. The zero-order chi connectivity index (χ0) is 20.1. The van der Waals surface area contributed by atoms with Crippen LogP contribution in [0.4, 0.5) is 5.82 Å². The fourth-order valence-corrected chi connectivity index (χ4v) is 3.37. The fourth-order valence-electron chi connectivity index (χ4n) is 3.37. The maximum atomic E-state index is 12.2. The molecule has 1 atom stereocenters. The normalized spacial score (nSPS) is 18.6. The molecule has 1 aliphatic heterocycles. The van der Waals surface area contributed by atoms with E-state index in [0.29, 0.717) is 18.1 Å². The van der Waals surface area contributed by atoms with Crippen LogP contribution in [-0.4, -0.2) is 48.6 Å². The van der Waals surface area contributed by atoms with Crippen LogP contribution in [0.25, 0.3) is 0 Å². The predicted molar refractivity (Wildman–Crippen MR) is 108 cm³/mol. The van der Waals surface area contributed by atoms with Gasteiger partial charge in [0.15, 0.2) is 0 Å². The summed E-state index contributed by atoms with van der Waals surface area (Å²) in [4.78, 5) is 31.8. The number of hydrogen-bond donors (Lipinski definition) is 1. The second kappa shape index (κ2) is 9.01. The minimum atomic E-state index is -0.334. The summed E-state index contributed by atoms with van der Waals surface area (Å²) in [5.41, 5.74) is 2.57. The highest BCUT2D eigenvalue weighted by Crippen LogP contribution is 2.44. The molecule has 0 radical (unpaired) electrons. The van der Waals surface area contributed by atoms with Crippen molar-refractivity contribution in [2.75, 3.05) is 25.1 Å². The van der Waals surface area contributed by atoms with E-state index in [1.807, 2.05) is 25.3 Å². The van der Waals surface area contributed by atoms with Crippen molar-refractivity contribution < 1.29 is 14.3 Å². The summed E-state index contributed by atoms with van der Waals surface area (Å²) >= 11 is 0. The molecule has 150 valence electrons. The first-order valence-electron chi connectivity index (χ1n) is 9.87. The average molecular weight is 384 g/mol. The Balaban J connectivity index is 1.98.